The van der Waals surface area contributed by atoms with Gasteiger partial charge in [-0.15, -0.1) is 0 Å². The minimum Gasteiger partial charge on any atom is -0.462 e. The van der Waals surface area contributed by atoms with Crippen LogP contribution in [0.1, 0.15) is 492 Å². The van der Waals surface area contributed by atoms with Crippen LogP contribution in [0.2, 0.25) is 0 Å². The third kappa shape index (κ3) is 84.3. The molecule has 0 saturated heterocycles. The van der Waals surface area contributed by atoms with Crippen molar-refractivity contribution in [1.82, 2.24) is 0 Å². The minimum absolute atomic E-state index is 0.107. The monoisotopic (exact) mass is 1620 g/mol. The van der Waals surface area contributed by atoms with E-state index >= 15 is 0 Å². The van der Waals surface area contributed by atoms with Crippen molar-refractivity contribution in [2.24, 2.45) is 17.8 Å². The molecule has 0 aromatic heterocycles. The average molecular weight is 1620 g/mol. The quantitative estimate of drug-likeness (QED) is 0.0222. The van der Waals surface area contributed by atoms with Gasteiger partial charge in [-0.2, -0.15) is 0 Å². The molecule has 0 bridgehead atoms. The predicted molar refractivity (Wildman–Crippen MR) is 460 cm³/mol. The smallest absolute Gasteiger partial charge is 0.462 e. The van der Waals surface area contributed by atoms with Gasteiger partial charge in [-0.3, -0.25) is 37.3 Å². The average Bonchev–Trinajstić information content (AvgIpc) is 0.895. The summed E-state index contributed by atoms with van der Waals surface area (Å²) < 4.78 is 69.1. The number of phosphoric acid groups is 2. The van der Waals surface area contributed by atoms with E-state index in [9.17, 15) is 43.2 Å². The summed E-state index contributed by atoms with van der Waals surface area (Å²) in [5.74, 6) is 0.312. The van der Waals surface area contributed by atoms with Crippen molar-refractivity contribution in [3.8, 4) is 0 Å². The molecule has 0 aromatic rings. The maximum absolute atomic E-state index is 13.2. The molecule has 0 spiro atoms. The lowest BCUT2D eigenvalue weighted by atomic mass is 9.99. The highest BCUT2D eigenvalue weighted by Crippen LogP contribution is 2.45. The number of rotatable bonds is 90. The third-order valence-corrected chi connectivity index (χ3v) is 23.9. The van der Waals surface area contributed by atoms with E-state index in [1.54, 1.807) is 0 Å². The van der Waals surface area contributed by atoms with Gasteiger partial charge < -0.3 is 33.8 Å². The van der Waals surface area contributed by atoms with E-state index < -0.39 is 97.5 Å². The summed E-state index contributed by atoms with van der Waals surface area (Å²) in [6.07, 6.45) is 75.1. The van der Waals surface area contributed by atoms with E-state index in [0.717, 1.165) is 108 Å². The van der Waals surface area contributed by atoms with E-state index in [1.165, 1.54) is 302 Å². The van der Waals surface area contributed by atoms with E-state index in [-0.39, 0.29) is 25.7 Å². The molecule has 0 rings (SSSR count). The fraction of sp³-hybridized carbons (Fsp3) is 0.957. The number of unbranched alkanes of at least 4 members (excludes halogenated alkanes) is 57. The number of carbonyl (C=O) groups excluding carboxylic acids is 4. The molecule has 660 valence electrons. The van der Waals surface area contributed by atoms with Crippen LogP contribution in [0.3, 0.4) is 0 Å². The van der Waals surface area contributed by atoms with Crippen LogP contribution in [-0.4, -0.2) is 96.7 Å². The second-order valence-corrected chi connectivity index (χ2v) is 37.2. The Labute approximate surface area is 683 Å². The standard InChI is InChI=1S/C92H180O17P2/c1-8-10-11-12-13-14-15-16-17-18-19-20-24-27-33-38-45-52-59-66-73-89(94)102-79-87(108-91(96)75-68-61-54-46-39-34-28-25-22-21-23-26-32-37-44-51-58-65-72-85(7)9-2)81-106-110(98,99)104-77-86(93)78-105-111(100,101)107-82-88(80-103-90(95)74-67-60-53-48-41-43-50-57-64-71-84(5)6)109-92(97)76-69-62-55-47-40-35-30-29-31-36-42-49-56-63-70-83(3)4/h83-88,93H,8-82H2,1-7H3,(H,98,99)(H,100,101)/t85?,86-,87-,88-/m1/s1. The van der Waals surface area contributed by atoms with Gasteiger partial charge in [-0.1, -0.05) is 440 Å². The molecule has 0 radical (unpaired) electrons. The molecule has 0 aliphatic carbocycles. The molecule has 17 nitrogen and oxygen atoms in total. The summed E-state index contributed by atoms with van der Waals surface area (Å²) in [6.45, 7) is 12.1. The largest absolute Gasteiger partial charge is 0.472 e. The fourth-order valence-corrected chi connectivity index (χ4v) is 16.0. The van der Waals surface area contributed by atoms with Crippen LogP contribution in [0.4, 0.5) is 0 Å². The first kappa shape index (κ1) is 109. The van der Waals surface area contributed by atoms with Gasteiger partial charge >= 0.3 is 39.5 Å². The highest BCUT2D eigenvalue weighted by molar-refractivity contribution is 7.47. The number of carbonyl (C=O) groups is 4. The molecule has 0 aliphatic heterocycles. The SMILES string of the molecule is CCCCCCCCCCCCCCCCCCCCCCC(=O)OC[C@H](COP(=O)(O)OC[C@@H](O)COP(=O)(O)OC[C@@H](COC(=O)CCCCCCCCCCCC(C)C)OC(=O)CCCCCCCCCCCCCCCCC(C)C)OC(=O)CCCCCCCCCCCCCCCCCCCCC(C)CC. The number of aliphatic hydroxyl groups excluding tert-OH is 1. The van der Waals surface area contributed by atoms with Gasteiger partial charge in [0.1, 0.15) is 19.3 Å². The van der Waals surface area contributed by atoms with Crippen LogP contribution in [0, 0.1) is 17.8 Å². The molecule has 0 heterocycles. The second-order valence-electron chi connectivity index (χ2n) is 34.2. The molecule has 0 saturated carbocycles. The van der Waals surface area contributed by atoms with Gasteiger partial charge in [0.25, 0.3) is 0 Å². The van der Waals surface area contributed by atoms with Gasteiger partial charge in [0.05, 0.1) is 26.4 Å². The van der Waals surface area contributed by atoms with Crippen molar-refractivity contribution in [3.63, 3.8) is 0 Å². The number of esters is 4. The highest BCUT2D eigenvalue weighted by atomic mass is 31.2. The van der Waals surface area contributed by atoms with Crippen LogP contribution in [0.5, 0.6) is 0 Å². The molecule has 3 unspecified atom stereocenters. The lowest BCUT2D eigenvalue weighted by Gasteiger charge is -2.21. The van der Waals surface area contributed by atoms with Crippen molar-refractivity contribution >= 4 is 39.5 Å². The summed E-state index contributed by atoms with van der Waals surface area (Å²) >= 11 is 0. The first-order chi connectivity index (χ1) is 53.8. The number of hydrogen-bond donors (Lipinski definition) is 3. The zero-order chi connectivity index (χ0) is 81.5. The van der Waals surface area contributed by atoms with E-state index in [1.807, 2.05) is 0 Å². The Morgan fingerprint density at radius 2 is 0.459 bits per heavy atom. The maximum Gasteiger partial charge on any atom is 0.472 e. The molecule has 0 amide bonds. The van der Waals surface area contributed by atoms with E-state index in [4.69, 9.17) is 37.0 Å². The Morgan fingerprint density at radius 1 is 0.261 bits per heavy atom. The summed E-state index contributed by atoms with van der Waals surface area (Å²) in [4.78, 5) is 73.5. The summed E-state index contributed by atoms with van der Waals surface area (Å²) in [7, 11) is -9.94. The zero-order valence-corrected chi connectivity index (χ0v) is 75.2. The lowest BCUT2D eigenvalue weighted by molar-refractivity contribution is -0.161. The Morgan fingerprint density at radius 3 is 0.685 bits per heavy atom. The number of hydrogen-bond acceptors (Lipinski definition) is 15. The van der Waals surface area contributed by atoms with Gasteiger partial charge in [-0.25, -0.2) is 9.13 Å². The highest BCUT2D eigenvalue weighted by Gasteiger charge is 2.31. The number of phosphoric ester groups is 2. The summed E-state index contributed by atoms with van der Waals surface area (Å²) in [6, 6.07) is 0. The maximum atomic E-state index is 13.2. The van der Waals surface area contributed by atoms with Crippen molar-refractivity contribution in [3.05, 3.63) is 0 Å². The Kier molecular flexibility index (Phi) is 80.4. The van der Waals surface area contributed by atoms with Crippen molar-refractivity contribution in [1.29, 1.82) is 0 Å². The topological polar surface area (TPSA) is 237 Å². The second kappa shape index (κ2) is 81.8. The van der Waals surface area contributed by atoms with Gasteiger partial charge in [-0.05, 0) is 43.4 Å². The molecular weight excluding hydrogens is 1440 g/mol. The van der Waals surface area contributed by atoms with Crippen molar-refractivity contribution in [2.75, 3.05) is 39.6 Å². The first-order valence-corrected chi connectivity index (χ1v) is 50.4. The lowest BCUT2D eigenvalue weighted by Crippen LogP contribution is -2.30. The predicted octanol–water partition coefficient (Wildman–Crippen LogP) is 28.4. The van der Waals surface area contributed by atoms with Crippen LogP contribution in [0.25, 0.3) is 0 Å². The molecule has 19 heteroatoms. The van der Waals surface area contributed by atoms with Gasteiger partial charge in [0, 0.05) is 25.7 Å². The first-order valence-electron chi connectivity index (χ1n) is 47.4. The molecule has 6 atom stereocenters. The molecule has 0 fully saturated rings. The zero-order valence-electron chi connectivity index (χ0n) is 73.4. The summed E-state index contributed by atoms with van der Waals surface area (Å²) in [5, 5.41) is 10.7. The fourth-order valence-electron chi connectivity index (χ4n) is 14.4. The number of aliphatic hydroxyl groups is 1. The van der Waals surface area contributed by atoms with E-state index in [0.29, 0.717) is 25.7 Å². The Balaban J connectivity index is 5.25. The van der Waals surface area contributed by atoms with Crippen molar-refractivity contribution in [2.45, 2.75) is 510 Å². The van der Waals surface area contributed by atoms with Crippen LogP contribution >= 0.6 is 15.6 Å². The van der Waals surface area contributed by atoms with Crippen LogP contribution < -0.4 is 0 Å². The third-order valence-electron chi connectivity index (χ3n) is 22.0. The van der Waals surface area contributed by atoms with E-state index in [2.05, 4.69) is 48.5 Å². The summed E-state index contributed by atoms with van der Waals surface area (Å²) in [5.41, 5.74) is 0. The molecule has 0 aliphatic rings. The van der Waals surface area contributed by atoms with Gasteiger partial charge in [0.2, 0.25) is 0 Å². The molecule has 111 heavy (non-hydrogen) atoms. The normalized spacial score (nSPS) is 14.0. The molecular formula is C92H180O17P2. The van der Waals surface area contributed by atoms with Crippen molar-refractivity contribution < 1.29 is 80.2 Å². The van der Waals surface area contributed by atoms with Gasteiger partial charge in [0.15, 0.2) is 12.2 Å². The Bertz CT molecular complexity index is 2130. The van der Waals surface area contributed by atoms with Crippen LogP contribution in [-0.2, 0) is 65.4 Å². The molecule has 0 aromatic carbocycles. The minimum atomic E-state index is -4.97. The van der Waals surface area contributed by atoms with Crippen LogP contribution in [0.15, 0.2) is 0 Å². The Hall–Kier alpha value is -1.94. The number of ether oxygens (including phenoxy) is 4. The molecule has 3 N–H and O–H groups in total.